The van der Waals surface area contributed by atoms with E-state index in [0.29, 0.717) is 20.8 Å². The third-order valence-electron chi connectivity index (χ3n) is 3.25. The lowest BCUT2D eigenvalue weighted by Crippen LogP contribution is -2.45. The number of nitrogens with one attached hydrogen (secondary N) is 3. The molecule has 0 atom stereocenters. The van der Waals surface area contributed by atoms with Crippen LogP contribution in [0.3, 0.4) is 0 Å². The van der Waals surface area contributed by atoms with Crippen LogP contribution >= 0.6 is 34.8 Å². The number of hydrogen-bond acceptors (Lipinski definition) is 2. The number of carbonyl (C=O) groups excluding carboxylic acids is 1. The number of hydrogen-bond donors (Lipinski definition) is 3. The second kappa shape index (κ2) is 7.25. The lowest BCUT2D eigenvalue weighted by atomic mass is 9.96. The highest BCUT2D eigenvalue weighted by atomic mass is 35.5. The molecule has 0 unspecified atom stereocenters. The zero-order valence-electron chi connectivity index (χ0n) is 10.8. The largest absolute Gasteiger partial charge is 0.334 e. The molecule has 1 aliphatic carbocycles. The van der Waals surface area contributed by atoms with Gasteiger partial charge < -0.3 is 5.32 Å². The highest BCUT2D eigenvalue weighted by molar-refractivity contribution is 6.41. The van der Waals surface area contributed by atoms with Crippen LogP contribution in [0.15, 0.2) is 12.1 Å². The SMILES string of the molecule is O=C(NNc1c(Cl)cc(Cl)cc1Cl)NC1CCCCC1. The zero-order valence-corrected chi connectivity index (χ0v) is 13.1. The van der Waals surface area contributed by atoms with E-state index in [1.807, 2.05) is 0 Å². The number of halogens is 3. The van der Waals surface area contributed by atoms with E-state index in [1.54, 1.807) is 12.1 Å². The topological polar surface area (TPSA) is 53.2 Å². The van der Waals surface area contributed by atoms with Gasteiger partial charge in [-0.1, -0.05) is 54.1 Å². The molecule has 1 fully saturated rings. The molecule has 4 nitrogen and oxygen atoms in total. The molecule has 7 heteroatoms. The lowest BCUT2D eigenvalue weighted by molar-refractivity contribution is 0.234. The Kier molecular flexibility index (Phi) is 5.64. The van der Waals surface area contributed by atoms with E-state index in [4.69, 9.17) is 34.8 Å². The predicted molar refractivity (Wildman–Crippen MR) is 83.6 cm³/mol. The van der Waals surface area contributed by atoms with Crippen LogP contribution in [0.4, 0.5) is 10.5 Å². The van der Waals surface area contributed by atoms with Crippen LogP contribution in [0, 0.1) is 0 Å². The van der Waals surface area contributed by atoms with Crippen LogP contribution in [0.2, 0.25) is 15.1 Å². The lowest BCUT2D eigenvalue weighted by Gasteiger charge is -2.23. The average molecular weight is 337 g/mol. The Balaban J connectivity index is 1.87. The number of rotatable bonds is 3. The molecule has 20 heavy (non-hydrogen) atoms. The molecule has 0 bridgehead atoms. The van der Waals surface area contributed by atoms with Crippen molar-refractivity contribution >= 4 is 46.5 Å². The summed E-state index contributed by atoms with van der Waals surface area (Å²) < 4.78 is 0. The molecular formula is C13H16Cl3N3O. The second-order valence-corrected chi connectivity index (χ2v) is 6.05. The van der Waals surface area contributed by atoms with Crippen molar-refractivity contribution in [2.24, 2.45) is 0 Å². The Morgan fingerprint density at radius 1 is 1.05 bits per heavy atom. The molecule has 2 amide bonds. The summed E-state index contributed by atoms with van der Waals surface area (Å²) in [7, 11) is 0. The van der Waals surface area contributed by atoms with E-state index in [9.17, 15) is 4.79 Å². The smallest absolute Gasteiger partial charge is 0.333 e. The Morgan fingerprint density at radius 2 is 1.65 bits per heavy atom. The molecule has 110 valence electrons. The summed E-state index contributed by atoms with van der Waals surface area (Å²) in [6.45, 7) is 0. The molecule has 0 aromatic heterocycles. The minimum atomic E-state index is -0.293. The summed E-state index contributed by atoms with van der Waals surface area (Å²) in [5.74, 6) is 0. The normalized spacial score (nSPS) is 15.8. The first-order valence-corrected chi connectivity index (χ1v) is 7.66. The van der Waals surface area contributed by atoms with Crippen molar-refractivity contribution < 1.29 is 4.79 Å². The Bertz CT molecular complexity index is 467. The summed E-state index contributed by atoms with van der Waals surface area (Å²) in [6.07, 6.45) is 5.61. The first-order valence-electron chi connectivity index (χ1n) is 6.53. The van der Waals surface area contributed by atoms with Crippen molar-refractivity contribution in [1.82, 2.24) is 10.7 Å². The van der Waals surface area contributed by atoms with Crippen molar-refractivity contribution in [2.45, 2.75) is 38.1 Å². The van der Waals surface area contributed by atoms with Gasteiger partial charge in [0.25, 0.3) is 0 Å². The Morgan fingerprint density at radius 3 is 2.25 bits per heavy atom. The third kappa shape index (κ3) is 4.33. The first kappa shape index (κ1) is 15.5. The van der Waals surface area contributed by atoms with Crippen LogP contribution in [0.1, 0.15) is 32.1 Å². The number of carbonyl (C=O) groups is 1. The standard InChI is InChI=1S/C13H16Cl3N3O/c14-8-6-10(15)12(11(16)7-8)18-19-13(20)17-9-4-2-1-3-5-9/h6-7,9,18H,1-5H2,(H2,17,19,20). The highest BCUT2D eigenvalue weighted by Gasteiger charge is 2.16. The molecule has 0 saturated heterocycles. The average Bonchev–Trinajstić information content (AvgIpc) is 2.38. The van der Waals surface area contributed by atoms with Crippen molar-refractivity contribution in [3.8, 4) is 0 Å². The molecule has 0 spiro atoms. The number of hydrazine groups is 1. The molecule has 3 N–H and O–H groups in total. The van der Waals surface area contributed by atoms with Gasteiger partial charge in [0, 0.05) is 11.1 Å². The van der Waals surface area contributed by atoms with E-state index >= 15 is 0 Å². The van der Waals surface area contributed by atoms with Gasteiger partial charge in [-0.25, -0.2) is 4.79 Å². The predicted octanol–water partition coefficient (Wildman–Crippen LogP) is 4.61. The molecule has 1 saturated carbocycles. The van der Waals surface area contributed by atoms with Crippen LogP contribution in [0.5, 0.6) is 0 Å². The Labute approximate surface area is 133 Å². The fraction of sp³-hybridized carbons (Fsp3) is 0.462. The highest BCUT2D eigenvalue weighted by Crippen LogP contribution is 2.33. The van der Waals surface area contributed by atoms with Crippen LogP contribution in [-0.2, 0) is 0 Å². The van der Waals surface area contributed by atoms with Crippen molar-refractivity contribution in [3.63, 3.8) is 0 Å². The first-order chi connectivity index (χ1) is 9.56. The van der Waals surface area contributed by atoms with E-state index in [0.717, 1.165) is 25.7 Å². The van der Waals surface area contributed by atoms with Gasteiger partial charge in [-0.15, -0.1) is 0 Å². The van der Waals surface area contributed by atoms with Gasteiger partial charge in [0.15, 0.2) is 0 Å². The van der Waals surface area contributed by atoms with Gasteiger partial charge in [0.05, 0.1) is 15.7 Å². The van der Waals surface area contributed by atoms with Crippen molar-refractivity contribution in [1.29, 1.82) is 0 Å². The molecule has 2 rings (SSSR count). The van der Waals surface area contributed by atoms with Crippen molar-refractivity contribution in [2.75, 3.05) is 5.43 Å². The van der Waals surface area contributed by atoms with Crippen LogP contribution < -0.4 is 16.2 Å². The molecule has 1 aromatic carbocycles. The van der Waals surface area contributed by atoms with Crippen LogP contribution in [-0.4, -0.2) is 12.1 Å². The van der Waals surface area contributed by atoms with Crippen molar-refractivity contribution in [3.05, 3.63) is 27.2 Å². The maximum absolute atomic E-state index is 11.8. The molecule has 0 heterocycles. The number of urea groups is 1. The number of anilines is 1. The number of amides is 2. The third-order valence-corrected chi connectivity index (χ3v) is 4.06. The molecule has 0 aliphatic heterocycles. The van der Waals surface area contributed by atoms with Crippen LogP contribution in [0.25, 0.3) is 0 Å². The quantitative estimate of drug-likeness (QED) is 0.706. The summed E-state index contributed by atoms with van der Waals surface area (Å²) in [4.78, 5) is 11.8. The van der Waals surface area contributed by atoms with E-state index in [-0.39, 0.29) is 12.1 Å². The molecule has 1 aromatic rings. The van der Waals surface area contributed by atoms with Gasteiger partial charge in [0.1, 0.15) is 0 Å². The fourth-order valence-corrected chi connectivity index (χ4v) is 3.16. The van der Waals surface area contributed by atoms with Gasteiger partial charge in [0.2, 0.25) is 0 Å². The van der Waals surface area contributed by atoms with E-state index in [2.05, 4.69) is 16.2 Å². The summed E-state index contributed by atoms with van der Waals surface area (Å²) in [5, 5.41) is 4.05. The minimum Gasteiger partial charge on any atom is -0.334 e. The zero-order chi connectivity index (χ0) is 14.5. The summed E-state index contributed by atoms with van der Waals surface area (Å²) in [5.41, 5.74) is 5.68. The molecule has 0 radical (unpaired) electrons. The second-order valence-electron chi connectivity index (χ2n) is 4.80. The maximum atomic E-state index is 11.8. The van der Waals surface area contributed by atoms with E-state index < -0.39 is 0 Å². The maximum Gasteiger partial charge on any atom is 0.333 e. The van der Waals surface area contributed by atoms with Gasteiger partial charge >= 0.3 is 6.03 Å². The van der Waals surface area contributed by atoms with Gasteiger partial charge in [-0.05, 0) is 25.0 Å². The van der Waals surface area contributed by atoms with E-state index in [1.165, 1.54) is 6.42 Å². The molecular weight excluding hydrogens is 321 g/mol. The Hall–Kier alpha value is -0.840. The monoisotopic (exact) mass is 335 g/mol. The minimum absolute atomic E-state index is 0.238. The number of benzene rings is 1. The van der Waals surface area contributed by atoms with Gasteiger partial charge in [-0.2, -0.15) is 0 Å². The van der Waals surface area contributed by atoms with Gasteiger partial charge in [-0.3, -0.25) is 10.9 Å². The summed E-state index contributed by atoms with van der Waals surface area (Å²) >= 11 is 17.8. The summed E-state index contributed by atoms with van der Waals surface area (Å²) in [6, 6.07) is 3.05. The fourth-order valence-electron chi connectivity index (χ4n) is 2.25. The molecule has 1 aliphatic rings.